The van der Waals surface area contributed by atoms with Crippen LogP contribution in [0.5, 0.6) is 0 Å². The van der Waals surface area contributed by atoms with Crippen LogP contribution in [-0.2, 0) is 11.3 Å². The third-order valence-corrected chi connectivity index (χ3v) is 5.33. The third-order valence-electron chi connectivity index (χ3n) is 5.33. The molecule has 1 aromatic rings. The third kappa shape index (κ3) is 5.56. The summed E-state index contributed by atoms with van der Waals surface area (Å²) in [5, 5.41) is 0. The van der Waals surface area contributed by atoms with Gasteiger partial charge in [-0.15, -0.1) is 0 Å². The normalized spacial score (nSPS) is 21.2. The number of piperidine rings is 1. The molecule has 0 atom stereocenters. The first-order valence-electron chi connectivity index (χ1n) is 9.49. The molecule has 3 rings (SSSR count). The molecule has 0 aromatic carbocycles. The molecule has 0 aliphatic carbocycles. The minimum Gasteiger partial charge on any atom is -0.380 e. The molecule has 8 heteroatoms. The van der Waals surface area contributed by atoms with Gasteiger partial charge >= 0.3 is 0 Å². The fourth-order valence-corrected chi connectivity index (χ4v) is 3.67. The zero-order valence-electron chi connectivity index (χ0n) is 15.2. The van der Waals surface area contributed by atoms with Gasteiger partial charge in [0.1, 0.15) is 5.69 Å². The second-order valence-corrected chi connectivity index (χ2v) is 7.20. The van der Waals surface area contributed by atoms with Crippen molar-refractivity contribution in [2.75, 3.05) is 52.5 Å². The van der Waals surface area contributed by atoms with E-state index < -0.39 is 12.1 Å². The molecule has 0 amide bonds. The lowest BCUT2D eigenvalue weighted by molar-refractivity contribution is 0.129. The average Bonchev–Trinajstić information content (AvgIpc) is 2.91. The molecule has 26 heavy (non-hydrogen) atoms. The number of aromatic nitrogens is 2. The Labute approximate surface area is 152 Å². The van der Waals surface area contributed by atoms with Crippen LogP contribution >= 0.6 is 0 Å². The maximum Gasteiger partial charge on any atom is 0.280 e. The molecule has 2 fully saturated rings. The minimum absolute atomic E-state index is 0.388. The van der Waals surface area contributed by atoms with Gasteiger partial charge in [-0.25, -0.2) is 13.8 Å². The number of likely N-dealkylation sites (tertiary alicyclic amines) is 1. The van der Waals surface area contributed by atoms with Gasteiger partial charge in [-0.2, -0.15) is 0 Å². The zero-order valence-corrected chi connectivity index (χ0v) is 15.2. The van der Waals surface area contributed by atoms with Crippen LogP contribution in [0.25, 0.3) is 0 Å². The summed E-state index contributed by atoms with van der Waals surface area (Å²) in [5.41, 5.74) is -0.832. The van der Waals surface area contributed by atoms with Crippen LogP contribution in [0.3, 0.4) is 0 Å². The molecule has 2 saturated heterocycles. The molecule has 0 unspecified atom stereocenters. The molecule has 2 aliphatic rings. The van der Waals surface area contributed by atoms with Crippen LogP contribution in [-0.4, -0.2) is 71.8 Å². The minimum atomic E-state index is -2.70. The summed E-state index contributed by atoms with van der Waals surface area (Å²) in [6.45, 7) is 8.57. The van der Waals surface area contributed by atoms with Crippen LogP contribution in [0.4, 0.5) is 8.78 Å². The van der Waals surface area contributed by atoms with E-state index in [1.165, 1.54) is 10.9 Å². The summed E-state index contributed by atoms with van der Waals surface area (Å²) < 4.78 is 32.1. The predicted molar refractivity (Wildman–Crippen MR) is 94.5 cm³/mol. The highest BCUT2D eigenvalue weighted by molar-refractivity contribution is 5.00. The molecule has 1 aromatic heterocycles. The van der Waals surface area contributed by atoms with Gasteiger partial charge in [-0.3, -0.25) is 14.3 Å². The van der Waals surface area contributed by atoms with Crippen LogP contribution in [0.2, 0.25) is 0 Å². The summed E-state index contributed by atoms with van der Waals surface area (Å²) in [7, 11) is 0. The van der Waals surface area contributed by atoms with Crippen molar-refractivity contribution in [3.63, 3.8) is 0 Å². The largest absolute Gasteiger partial charge is 0.380 e. The lowest BCUT2D eigenvalue weighted by Gasteiger charge is -2.33. The Balaban J connectivity index is 1.41. The van der Waals surface area contributed by atoms with Crippen molar-refractivity contribution in [1.29, 1.82) is 0 Å². The van der Waals surface area contributed by atoms with E-state index in [-0.39, 0.29) is 5.56 Å². The van der Waals surface area contributed by atoms with E-state index in [1.807, 2.05) is 0 Å². The topological polar surface area (TPSA) is 50.6 Å². The van der Waals surface area contributed by atoms with Gasteiger partial charge in [0.15, 0.2) is 0 Å². The molecule has 6 nitrogen and oxygen atoms in total. The molecule has 146 valence electrons. The highest BCUT2D eigenvalue weighted by atomic mass is 19.3. The fraction of sp³-hybridized carbons (Fsp3) is 0.778. The van der Waals surface area contributed by atoms with E-state index in [9.17, 15) is 13.6 Å². The first-order valence-corrected chi connectivity index (χ1v) is 9.49. The average molecular weight is 370 g/mol. The summed E-state index contributed by atoms with van der Waals surface area (Å²) >= 11 is 0. The number of nitrogens with zero attached hydrogens (tertiary/aromatic N) is 4. The summed E-state index contributed by atoms with van der Waals surface area (Å²) in [5.74, 6) is 0.398. The molecule has 3 heterocycles. The number of ether oxygens (including phenoxy) is 1. The Morgan fingerprint density at radius 3 is 2.54 bits per heavy atom. The van der Waals surface area contributed by atoms with E-state index in [4.69, 9.17) is 4.74 Å². The van der Waals surface area contributed by atoms with Crippen LogP contribution in [0.1, 0.15) is 31.4 Å². The SMILES string of the molecule is O=c1cc(C(F)F)ncn1CC1CCN(CCN2CCCOCC2)CC1. The second kappa shape index (κ2) is 9.53. The van der Waals surface area contributed by atoms with E-state index in [1.54, 1.807) is 0 Å². The Morgan fingerprint density at radius 2 is 1.85 bits per heavy atom. The van der Waals surface area contributed by atoms with E-state index >= 15 is 0 Å². The molecule has 0 saturated carbocycles. The Kier molecular flexibility index (Phi) is 7.10. The maximum atomic E-state index is 12.6. The predicted octanol–water partition coefficient (Wildman–Crippen LogP) is 1.62. The molecule has 0 radical (unpaired) electrons. The quantitative estimate of drug-likeness (QED) is 0.762. The van der Waals surface area contributed by atoms with Crippen molar-refractivity contribution in [1.82, 2.24) is 19.4 Å². The van der Waals surface area contributed by atoms with Gasteiger partial charge in [0, 0.05) is 45.4 Å². The molecule has 2 aliphatic heterocycles. The van der Waals surface area contributed by atoms with Crippen LogP contribution in [0.15, 0.2) is 17.2 Å². The first kappa shape index (κ1) is 19.4. The highest BCUT2D eigenvalue weighted by Crippen LogP contribution is 2.19. The maximum absolute atomic E-state index is 12.6. The van der Waals surface area contributed by atoms with Crippen LogP contribution < -0.4 is 5.56 Å². The number of alkyl halides is 2. The molecular weight excluding hydrogens is 342 g/mol. The van der Waals surface area contributed by atoms with Crippen molar-refractivity contribution in [2.24, 2.45) is 5.92 Å². The molecule has 0 N–H and O–H groups in total. The highest BCUT2D eigenvalue weighted by Gasteiger charge is 2.21. The van der Waals surface area contributed by atoms with Crippen molar-refractivity contribution >= 4 is 0 Å². The standard InChI is InChI=1S/C18H28F2N4O2/c19-18(20)16-12-17(25)24(14-21-16)13-15-2-5-23(6-3-15)8-7-22-4-1-10-26-11-9-22/h12,14-15,18H,1-11,13H2. The van der Waals surface area contributed by atoms with Crippen LogP contribution in [0, 0.1) is 5.92 Å². The first-order chi connectivity index (χ1) is 12.6. The van der Waals surface area contributed by atoms with Crippen molar-refractivity contribution in [3.05, 3.63) is 28.4 Å². The number of rotatable bonds is 6. The summed E-state index contributed by atoms with van der Waals surface area (Å²) in [6, 6.07) is 0.949. The van der Waals surface area contributed by atoms with Gasteiger partial charge in [0.25, 0.3) is 12.0 Å². The molecular formula is C18H28F2N4O2. The second-order valence-electron chi connectivity index (χ2n) is 7.20. The smallest absolute Gasteiger partial charge is 0.280 e. The van der Waals surface area contributed by atoms with Gasteiger partial charge in [-0.05, 0) is 38.3 Å². The van der Waals surface area contributed by atoms with E-state index in [2.05, 4.69) is 14.8 Å². The van der Waals surface area contributed by atoms with Crippen molar-refractivity contribution in [3.8, 4) is 0 Å². The van der Waals surface area contributed by atoms with E-state index in [0.717, 1.165) is 77.8 Å². The van der Waals surface area contributed by atoms with Gasteiger partial charge in [-0.1, -0.05) is 0 Å². The Bertz CT molecular complexity index is 609. The summed E-state index contributed by atoms with van der Waals surface area (Å²) in [4.78, 5) is 20.6. The number of hydrogen-bond acceptors (Lipinski definition) is 5. The fourth-order valence-electron chi connectivity index (χ4n) is 3.67. The zero-order chi connectivity index (χ0) is 18.4. The lowest BCUT2D eigenvalue weighted by atomic mass is 9.96. The number of halogens is 2. The van der Waals surface area contributed by atoms with Gasteiger partial charge in [0.2, 0.25) is 0 Å². The Morgan fingerprint density at radius 1 is 1.12 bits per heavy atom. The number of hydrogen-bond donors (Lipinski definition) is 0. The van der Waals surface area contributed by atoms with Gasteiger partial charge in [0.05, 0.1) is 12.9 Å². The van der Waals surface area contributed by atoms with E-state index in [0.29, 0.717) is 12.5 Å². The lowest BCUT2D eigenvalue weighted by Crippen LogP contribution is -2.41. The van der Waals surface area contributed by atoms with Crippen molar-refractivity contribution < 1.29 is 13.5 Å². The Hall–Kier alpha value is -1.38. The van der Waals surface area contributed by atoms with Gasteiger partial charge < -0.3 is 9.64 Å². The van der Waals surface area contributed by atoms with Crippen molar-refractivity contribution in [2.45, 2.75) is 32.2 Å². The monoisotopic (exact) mass is 370 g/mol. The molecule has 0 bridgehead atoms. The molecule has 0 spiro atoms. The summed E-state index contributed by atoms with van der Waals surface area (Å²) in [6.07, 6.45) is 1.71.